The lowest BCUT2D eigenvalue weighted by molar-refractivity contribution is 0.0956. The molecule has 1 aromatic heterocycles. The molecule has 0 fully saturated rings. The van der Waals surface area contributed by atoms with Crippen LogP contribution in [0.4, 0.5) is 0 Å². The molecular weight excluding hydrogens is 346 g/mol. The maximum Gasteiger partial charge on any atom is 0.251 e. The maximum absolute atomic E-state index is 12.0. The number of benzene rings is 1. The summed E-state index contributed by atoms with van der Waals surface area (Å²) in [6.07, 6.45) is 10.2. The van der Waals surface area contributed by atoms with Gasteiger partial charge >= 0.3 is 0 Å². The van der Waals surface area contributed by atoms with Gasteiger partial charge in [0.1, 0.15) is 11.3 Å². The van der Waals surface area contributed by atoms with E-state index in [0.29, 0.717) is 12.1 Å². The summed E-state index contributed by atoms with van der Waals surface area (Å²) >= 11 is 0. The zero-order valence-electron chi connectivity index (χ0n) is 17.7. The van der Waals surface area contributed by atoms with Gasteiger partial charge in [0.25, 0.3) is 5.91 Å². The van der Waals surface area contributed by atoms with Crippen molar-refractivity contribution in [3.63, 3.8) is 0 Å². The van der Waals surface area contributed by atoms with Crippen LogP contribution in [0.3, 0.4) is 0 Å². The van der Waals surface area contributed by atoms with Crippen LogP contribution in [-0.2, 0) is 0 Å². The molecule has 148 valence electrons. The van der Waals surface area contributed by atoms with Crippen molar-refractivity contribution in [2.75, 3.05) is 6.54 Å². The van der Waals surface area contributed by atoms with Crippen molar-refractivity contribution in [1.82, 2.24) is 5.32 Å². The molecule has 28 heavy (non-hydrogen) atoms. The van der Waals surface area contributed by atoms with Crippen molar-refractivity contribution in [3.8, 4) is 0 Å². The molecule has 1 heterocycles. The van der Waals surface area contributed by atoms with Gasteiger partial charge < -0.3 is 9.73 Å². The lowest BCUT2D eigenvalue weighted by atomic mass is 9.72. The Morgan fingerprint density at radius 3 is 2.79 bits per heavy atom. The highest BCUT2D eigenvalue weighted by molar-refractivity contribution is 5.97. The van der Waals surface area contributed by atoms with Gasteiger partial charge in [-0.05, 0) is 80.9 Å². The smallest absolute Gasteiger partial charge is 0.251 e. The van der Waals surface area contributed by atoms with Crippen LogP contribution in [0.5, 0.6) is 0 Å². The van der Waals surface area contributed by atoms with E-state index in [4.69, 9.17) is 4.42 Å². The largest absolute Gasteiger partial charge is 0.457 e. The second-order valence-electron chi connectivity index (χ2n) is 8.41. The Hall–Kier alpha value is -2.55. The molecule has 1 amide bonds. The van der Waals surface area contributed by atoms with E-state index in [1.807, 2.05) is 37.3 Å². The Bertz CT molecular complexity index is 970. The van der Waals surface area contributed by atoms with E-state index in [1.165, 1.54) is 30.4 Å². The Balaban J connectivity index is 1.82. The predicted octanol–water partition coefficient (Wildman–Crippen LogP) is 6.67. The summed E-state index contributed by atoms with van der Waals surface area (Å²) in [5.41, 5.74) is 5.71. The SMILES string of the molecule is CCNC(=O)c1ccc2cc(/C=C(C)/C=C/C3=C(C)CCCC3(C)C)oc2c1. The lowest BCUT2D eigenvalue weighted by Gasteiger charge is -2.32. The third-order valence-electron chi connectivity index (χ3n) is 5.56. The Labute approximate surface area is 168 Å². The summed E-state index contributed by atoms with van der Waals surface area (Å²) < 4.78 is 5.96. The number of amides is 1. The third-order valence-corrected chi connectivity index (χ3v) is 5.56. The Kier molecular flexibility index (Phi) is 5.93. The summed E-state index contributed by atoms with van der Waals surface area (Å²) in [5, 5.41) is 3.82. The van der Waals surface area contributed by atoms with E-state index < -0.39 is 0 Å². The summed E-state index contributed by atoms with van der Waals surface area (Å²) in [5.74, 6) is 0.731. The second kappa shape index (κ2) is 8.22. The first-order valence-corrected chi connectivity index (χ1v) is 10.2. The van der Waals surface area contributed by atoms with Gasteiger partial charge in [-0.2, -0.15) is 0 Å². The van der Waals surface area contributed by atoms with Crippen molar-refractivity contribution in [3.05, 3.63) is 64.5 Å². The van der Waals surface area contributed by atoms with Gasteiger partial charge in [-0.3, -0.25) is 4.79 Å². The fourth-order valence-corrected chi connectivity index (χ4v) is 4.02. The van der Waals surface area contributed by atoms with Crippen LogP contribution in [0.1, 0.15) is 70.0 Å². The molecule has 0 saturated carbocycles. The standard InChI is InChI=1S/C25H31NO2/c1-6-26-24(27)20-11-10-19-15-21(28-23(19)16-20)14-17(2)9-12-22-18(3)8-7-13-25(22,4)5/h9-12,14-16H,6-8,13H2,1-5H3,(H,26,27)/b12-9+,17-14+. The van der Waals surface area contributed by atoms with Crippen LogP contribution in [0, 0.1) is 5.41 Å². The molecule has 0 atom stereocenters. The topological polar surface area (TPSA) is 42.2 Å². The van der Waals surface area contributed by atoms with E-state index in [9.17, 15) is 4.79 Å². The zero-order chi connectivity index (χ0) is 20.3. The molecule has 0 aliphatic heterocycles. The normalized spacial score (nSPS) is 17.5. The number of hydrogen-bond donors (Lipinski definition) is 1. The fourth-order valence-electron chi connectivity index (χ4n) is 4.02. The van der Waals surface area contributed by atoms with Crippen LogP contribution in [0.25, 0.3) is 17.0 Å². The van der Waals surface area contributed by atoms with E-state index in [2.05, 4.69) is 45.2 Å². The van der Waals surface area contributed by atoms with Gasteiger partial charge in [-0.15, -0.1) is 0 Å². The highest BCUT2D eigenvalue weighted by atomic mass is 16.3. The van der Waals surface area contributed by atoms with E-state index in [1.54, 1.807) is 0 Å². The maximum atomic E-state index is 12.0. The molecule has 0 saturated heterocycles. The van der Waals surface area contributed by atoms with Gasteiger partial charge in [-0.1, -0.05) is 37.6 Å². The number of hydrogen-bond acceptors (Lipinski definition) is 2. The molecule has 0 spiro atoms. The molecule has 0 bridgehead atoms. The first kappa shape index (κ1) is 20.2. The lowest BCUT2D eigenvalue weighted by Crippen LogP contribution is -2.22. The fraction of sp³-hybridized carbons (Fsp3) is 0.400. The quantitative estimate of drug-likeness (QED) is 0.591. The Morgan fingerprint density at radius 1 is 1.29 bits per heavy atom. The summed E-state index contributed by atoms with van der Waals surface area (Å²) in [6.45, 7) is 11.5. The minimum Gasteiger partial charge on any atom is -0.457 e. The number of furan rings is 1. The Morgan fingerprint density at radius 2 is 2.07 bits per heavy atom. The van der Waals surface area contributed by atoms with Crippen LogP contribution in [-0.4, -0.2) is 12.5 Å². The molecule has 0 radical (unpaired) electrons. The first-order chi connectivity index (χ1) is 13.3. The van der Waals surface area contributed by atoms with Crippen LogP contribution in [0.2, 0.25) is 0 Å². The van der Waals surface area contributed by atoms with Crippen molar-refractivity contribution >= 4 is 23.0 Å². The number of allylic oxidation sites excluding steroid dienone is 5. The molecule has 2 aromatic rings. The molecule has 1 aliphatic carbocycles. The minimum absolute atomic E-state index is 0.0734. The zero-order valence-corrected chi connectivity index (χ0v) is 17.7. The monoisotopic (exact) mass is 377 g/mol. The molecule has 1 N–H and O–H groups in total. The van der Waals surface area contributed by atoms with Gasteiger partial charge in [0, 0.05) is 17.5 Å². The highest BCUT2D eigenvalue weighted by Gasteiger charge is 2.26. The molecule has 0 unspecified atom stereocenters. The van der Waals surface area contributed by atoms with Crippen LogP contribution >= 0.6 is 0 Å². The van der Waals surface area contributed by atoms with Crippen molar-refractivity contribution in [1.29, 1.82) is 0 Å². The highest BCUT2D eigenvalue weighted by Crippen LogP contribution is 2.40. The third kappa shape index (κ3) is 4.46. The number of carbonyl (C=O) groups excluding carboxylic acids is 1. The first-order valence-electron chi connectivity index (χ1n) is 10.2. The van der Waals surface area contributed by atoms with E-state index in [-0.39, 0.29) is 11.3 Å². The van der Waals surface area contributed by atoms with Gasteiger partial charge in [0.15, 0.2) is 0 Å². The summed E-state index contributed by atoms with van der Waals surface area (Å²) in [4.78, 5) is 12.0. The van der Waals surface area contributed by atoms with E-state index in [0.717, 1.165) is 22.3 Å². The van der Waals surface area contributed by atoms with E-state index >= 15 is 0 Å². The van der Waals surface area contributed by atoms with Crippen molar-refractivity contribution < 1.29 is 9.21 Å². The molecule has 3 heteroatoms. The number of fused-ring (bicyclic) bond motifs is 1. The molecule has 1 aliphatic rings. The van der Waals surface area contributed by atoms with Gasteiger partial charge in [0.2, 0.25) is 0 Å². The number of carbonyl (C=O) groups is 1. The molecule has 3 nitrogen and oxygen atoms in total. The summed E-state index contributed by atoms with van der Waals surface area (Å²) in [6, 6.07) is 7.60. The van der Waals surface area contributed by atoms with Crippen molar-refractivity contribution in [2.45, 2.75) is 53.9 Å². The van der Waals surface area contributed by atoms with Crippen LogP contribution in [0.15, 0.2) is 57.6 Å². The molecule has 3 rings (SSSR count). The van der Waals surface area contributed by atoms with Crippen molar-refractivity contribution in [2.24, 2.45) is 5.41 Å². The average molecular weight is 378 g/mol. The van der Waals surface area contributed by atoms with Crippen LogP contribution < -0.4 is 5.32 Å². The predicted molar refractivity (Wildman–Crippen MR) is 117 cm³/mol. The minimum atomic E-state index is -0.0734. The van der Waals surface area contributed by atoms with Gasteiger partial charge in [0.05, 0.1) is 0 Å². The van der Waals surface area contributed by atoms with Gasteiger partial charge in [-0.25, -0.2) is 0 Å². The molecular formula is C25H31NO2. The summed E-state index contributed by atoms with van der Waals surface area (Å²) in [7, 11) is 0. The number of nitrogens with one attached hydrogen (secondary N) is 1. The second-order valence-corrected chi connectivity index (χ2v) is 8.41. The molecule has 1 aromatic carbocycles. The number of rotatable bonds is 5. The average Bonchev–Trinajstić information content (AvgIpc) is 3.02.